The molecule has 0 unspecified atom stereocenters. The predicted molar refractivity (Wildman–Crippen MR) is 160 cm³/mol. The lowest BCUT2D eigenvalue weighted by molar-refractivity contribution is 0.294. The van der Waals surface area contributed by atoms with Crippen molar-refractivity contribution in [1.82, 2.24) is 4.31 Å². The molecule has 0 atom stereocenters. The molecule has 0 bridgehead atoms. The molecule has 0 saturated carbocycles. The topological polar surface area (TPSA) is 142 Å². The molecule has 1 aliphatic heterocycles. The third-order valence-corrected chi connectivity index (χ3v) is 10.2. The summed E-state index contributed by atoms with van der Waals surface area (Å²) in [7, 11) is -9.64. The van der Waals surface area contributed by atoms with Crippen molar-refractivity contribution in [2.75, 3.05) is 15.6 Å². The van der Waals surface area contributed by atoms with Crippen LogP contribution in [0.5, 0.6) is 5.75 Å². The minimum atomic E-state index is -4.08. The highest BCUT2D eigenvalue weighted by Crippen LogP contribution is 2.38. The Hall–Kier alpha value is -3.52. The molecule has 1 heterocycles. The minimum absolute atomic E-state index is 0.184. The molecule has 0 saturated heterocycles. The highest BCUT2D eigenvalue weighted by atomic mass is 32.2. The molecule has 214 valence electrons. The zero-order valence-corrected chi connectivity index (χ0v) is 25.2. The van der Waals surface area contributed by atoms with Crippen LogP contribution in [0, 0.1) is 0 Å². The van der Waals surface area contributed by atoms with Gasteiger partial charge in [0.05, 0.1) is 11.9 Å². The summed E-state index contributed by atoms with van der Waals surface area (Å²) in [5.74, 6) is -0.0581. The molecule has 0 amide bonds. The van der Waals surface area contributed by atoms with E-state index in [4.69, 9.17) is 9.88 Å². The first-order valence-corrected chi connectivity index (χ1v) is 19.3. The van der Waals surface area contributed by atoms with Gasteiger partial charge in [0.1, 0.15) is 18.0 Å². The fourth-order valence-electron chi connectivity index (χ4n) is 4.17. The molecule has 40 heavy (non-hydrogen) atoms. The molecule has 0 aliphatic carbocycles. The summed E-state index contributed by atoms with van der Waals surface area (Å²) >= 11 is 0. The van der Waals surface area contributed by atoms with Gasteiger partial charge in [0, 0.05) is 14.6 Å². The summed E-state index contributed by atoms with van der Waals surface area (Å²) in [4.78, 5) is 0. The monoisotopic (exact) mass is 602 g/mol. The summed E-state index contributed by atoms with van der Waals surface area (Å²) in [5.41, 5.74) is 2.89. The van der Waals surface area contributed by atoms with Crippen LogP contribution in [0.3, 0.4) is 0 Å². The molecule has 4 N–H and O–H groups in total. The molecule has 1 aliphatic rings. The molecular formula is C27H34N4O6S2Si. The van der Waals surface area contributed by atoms with Gasteiger partial charge in [0.15, 0.2) is 0 Å². The molecule has 10 nitrogen and oxygen atoms in total. The van der Waals surface area contributed by atoms with Crippen molar-refractivity contribution < 1.29 is 26.7 Å². The number of para-hydroxylation sites is 1. The van der Waals surface area contributed by atoms with Crippen molar-refractivity contribution in [1.29, 1.82) is 0 Å². The zero-order chi connectivity index (χ0) is 29.1. The predicted octanol–water partition coefficient (Wildman–Crippen LogP) is 4.53. The molecule has 3 aromatic carbocycles. The highest BCUT2D eigenvalue weighted by Gasteiger charge is 2.39. The second-order valence-corrected chi connectivity index (χ2v) is 19.4. The lowest BCUT2D eigenvalue weighted by Gasteiger charge is -2.25. The lowest BCUT2D eigenvalue weighted by atomic mass is 10.0. The number of aliphatic hydroxyl groups is 1. The van der Waals surface area contributed by atoms with Crippen molar-refractivity contribution >= 4 is 39.9 Å². The summed E-state index contributed by atoms with van der Waals surface area (Å²) in [6.45, 7) is 6.78. The van der Waals surface area contributed by atoms with Crippen LogP contribution in [0.15, 0.2) is 84.9 Å². The minimum Gasteiger partial charge on any atom is -0.493 e. The maximum atomic E-state index is 13.5. The Morgan fingerprint density at radius 3 is 2.33 bits per heavy atom. The molecule has 0 fully saturated rings. The van der Waals surface area contributed by atoms with Gasteiger partial charge < -0.3 is 9.84 Å². The molecular weight excluding hydrogens is 569 g/mol. The molecule has 4 rings (SSSR count). The van der Waals surface area contributed by atoms with Crippen molar-refractivity contribution in [2.24, 2.45) is 5.14 Å². The van der Waals surface area contributed by atoms with Gasteiger partial charge in [-0.05, 0) is 47.4 Å². The second-order valence-electron chi connectivity index (χ2n) is 10.7. The van der Waals surface area contributed by atoms with Crippen molar-refractivity contribution in [3.8, 4) is 5.75 Å². The van der Waals surface area contributed by atoms with Crippen LogP contribution in [0.25, 0.3) is 0 Å². The van der Waals surface area contributed by atoms with Crippen molar-refractivity contribution in [2.45, 2.75) is 38.7 Å². The smallest absolute Gasteiger partial charge is 0.332 e. The van der Waals surface area contributed by atoms with E-state index in [1.165, 1.54) is 6.20 Å². The standard InChI is InChI=1S/C27H34N4O6S2Si/c1-40(2,3)16-15-30-27(32)19-31(39(30,35)36)25-14-13-22(18-26(25)37-20-21-9-5-4-6-10-21)17-23-11-7-8-12-24(23)29-38(28,33)34/h4-14,18-19,29,32H,15-17,20H2,1-3H3,(H2,28,33,34). The third-order valence-electron chi connectivity index (χ3n) is 6.24. The Labute approximate surface area is 237 Å². The second kappa shape index (κ2) is 11.5. The van der Waals surface area contributed by atoms with E-state index < -0.39 is 28.5 Å². The summed E-state index contributed by atoms with van der Waals surface area (Å²) in [6, 6.07) is 22.1. The van der Waals surface area contributed by atoms with E-state index in [1.54, 1.807) is 42.5 Å². The summed E-state index contributed by atoms with van der Waals surface area (Å²) in [6.07, 6.45) is 1.51. The Morgan fingerprint density at radius 1 is 0.975 bits per heavy atom. The van der Waals surface area contributed by atoms with Gasteiger partial charge >= 0.3 is 10.2 Å². The number of nitrogens with one attached hydrogen (secondary N) is 1. The Morgan fingerprint density at radius 2 is 1.65 bits per heavy atom. The fraction of sp³-hybridized carbons (Fsp3) is 0.259. The fourth-order valence-corrected chi connectivity index (χ4v) is 7.18. The van der Waals surface area contributed by atoms with Crippen LogP contribution in [-0.4, -0.2) is 40.9 Å². The largest absolute Gasteiger partial charge is 0.493 e. The van der Waals surface area contributed by atoms with Gasteiger partial charge in [-0.3, -0.25) is 4.72 Å². The van der Waals surface area contributed by atoms with Gasteiger partial charge in [-0.25, -0.2) is 13.7 Å². The lowest BCUT2D eigenvalue weighted by Crippen LogP contribution is -2.37. The number of hydrogen-bond acceptors (Lipinski definition) is 6. The maximum absolute atomic E-state index is 13.5. The Bertz CT molecular complexity index is 1610. The van der Waals surface area contributed by atoms with Crippen LogP contribution in [0.4, 0.5) is 11.4 Å². The van der Waals surface area contributed by atoms with E-state index in [2.05, 4.69) is 24.4 Å². The summed E-state index contributed by atoms with van der Waals surface area (Å²) in [5, 5.41) is 15.8. The molecule has 13 heteroatoms. The number of benzene rings is 3. The van der Waals surface area contributed by atoms with E-state index in [0.29, 0.717) is 23.7 Å². The number of nitrogens with two attached hydrogens (primary N) is 1. The molecule has 0 radical (unpaired) electrons. The van der Waals surface area contributed by atoms with Crippen LogP contribution in [-0.2, 0) is 33.4 Å². The highest BCUT2D eigenvalue weighted by molar-refractivity contribution is 7.91. The molecule has 0 spiro atoms. The van der Waals surface area contributed by atoms with E-state index in [0.717, 1.165) is 19.7 Å². The van der Waals surface area contributed by atoms with Gasteiger partial charge in [-0.1, -0.05) is 74.2 Å². The quantitative estimate of drug-likeness (QED) is 0.275. The van der Waals surface area contributed by atoms with E-state index in [9.17, 15) is 21.9 Å². The number of nitrogens with zero attached hydrogens (tertiary/aromatic N) is 2. The average Bonchev–Trinajstić information content (AvgIpc) is 3.09. The molecule has 3 aromatic rings. The van der Waals surface area contributed by atoms with E-state index in [1.807, 2.05) is 30.3 Å². The number of anilines is 2. The normalized spacial score (nSPS) is 15.2. The van der Waals surface area contributed by atoms with E-state index in [-0.39, 0.29) is 30.5 Å². The Balaban J connectivity index is 1.69. The number of ether oxygens (including phenoxy) is 1. The average molecular weight is 603 g/mol. The van der Waals surface area contributed by atoms with Crippen LogP contribution in [0.2, 0.25) is 25.7 Å². The first-order valence-electron chi connectivity index (χ1n) is 12.6. The number of rotatable bonds is 11. The van der Waals surface area contributed by atoms with Crippen molar-refractivity contribution in [3.63, 3.8) is 0 Å². The van der Waals surface area contributed by atoms with Crippen molar-refractivity contribution in [3.05, 3.63) is 102 Å². The number of aliphatic hydroxyl groups excluding tert-OH is 1. The van der Waals surface area contributed by atoms with E-state index >= 15 is 0 Å². The first kappa shape index (κ1) is 29.5. The number of hydrogen-bond donors (Lipinski definition) is 3. The maximum Gasteiger partial charge on any atom is 0.332 e. The van der Waals surface area contributed by atoms with Gasteiger partial charge in [-0.15, -0.1) is 0 Å². The zero-order valence-electron chi connectivity index (χ0n) is 22.6. The van der Waals surface area contributed by atoms with Crippen LogP contribution < -0.4 is 18.9 Å². The third kappa shape index (κ3) is 7.36. The van der Waals surface area contributed by atoms with Gasteiger partial charge in [0.25, 0.3) is 10.2 Å². The van der Waals surface area contributed by atoms with Crippen LogP contribution >= 0.6 is 0 Å². The van der Waals surface area contributed by atoms with Gasteiger partial charge in [-0.2, -0.15) is 16.8 Å². The first-order chi connectivity index (χ1) is 18.7. The summed E-state index contributed by atoms with van der Waals surface area (Å²) < 4.78 is 60.9. The molecule has 0 aromatic heterocycles. The Kier molecular flexibility index (Phi) is 8.49. The van der Waals surface area contributed by atoms with Crippen LogP contribution in [0.1, 0.15) is 16.7 Å². The SMILES string of the molecule is C[Si](C)(C)CCN1C(O)=CN(c2ccc(Cc3ccccc3NS(N)(=O)=O)cc2OCc2ccccc2)S1(=O)=O. The van der Waals surface area contributed by atoms with Gasteiger partial charge in [0.2, 0.25) is 5.88 Å².